The monoisotopic (exact) mass is 377 g/mol. The second-order valence-electron chi connectivity index (χ2n) is 9.75. The summed E-state index contributed by atoms with van der Waals surface area (Å²) in [7, 11) is 4.01. The van der Waals surface area contributed by atoms with E-state index in [4.69, 9.17) is 4.74 Å². The third kappa shape index (κ3) is 4.19. The first-order valence-corrected chi connectivity index (χ1v) is 9.89. The third-order valence-corrected chi connectivity index (χ3v) is 6.12. The highest BCUT2D eigenvalue weighted by Crippen LogP contribution is 2.54. The maximum atomic E-state index is 14.4. The molecule has 2 aliphatic rings. The molecule has 3 unspecified atom stereocenters. The molecular weight excluding hydrogens is 345 g/mol. The zero-order chi connectivity index (χ0) is 20.0. The van der Waals surface area contributed by atoms with Gasteiger partial charge >= 0.3 is 5.97 Å². The molecule has 1 aromatic carbocycles. The second-order valence-corrected chi connectivity index (χ2v) is 9.75. The van der Waals surface area contributed by atoms with E-state index in [0.717, 1.165) is 25.8 Å². The highest BCUT2D eigenvalue weighted by molar-refractivity contribution is 5.77. The van der Waals surface area contributed by atoms with Crippen LogP contribution in [0.4, 0.5) is 4.39 Å². The lowest BCUT2D eigenvalue weighted by Crippen LogP contribution is -2.47. The smallest absolute Gasteiger partial charge is 0.316 e. The van der Waals surface area contributed by atoms with E-state index in [-0.39, 0.29) is 11.7 Å². The van der Waals surface area contributed by atoms with Crippen LogP contribution in [0.2, 0.25) is 0 Å². The molecule has 2 bridgehead atoms. The molecule has 0 aromatic heterocycles. The van der Waals surface area contributed by atoms with Crippen LogP contribution in [0.15, 0.2) is 18.2 Å². The first-order chi connectivity index (χ1) is 12.5. The van der Waals surface area contributed by atoms with Crippen molar-refractivity contribution >= 4 is 5.97 Å². The summed E-state index contributed by atoms with van der Waals surface area (Å²) < 4.78 is 19.8. The number of aliphatic hydroxyl groups is 1. The minimum absolute atomic E-state index is 0.0409. The van der Waals surface area contributed by atoms with Crippen LogP contribution in [-0.2, 0) is 10.4 Å². The molecule has 2 fully saturated rings. The molecule has 3 rings (SSSR count). The van der Waals surface area contributed by atoms with Crippen LogP contribution in [0.25, 0.3) is 0 Å². The third-order valence-electron chi connectivity index (χ3n) is 6.12. The molecule has 150 valence electrons. The number of benzene rings is 1. The Balaban J connectivity index is 1.96. The van der Waals surface area contributed by atoms with Gasteiger partial charge in [-0.2, -0.15) is 0 Å². The van der Waals surface area contributed by atoms with Crippen molar-refractivity contribution in [2.75, 3.05) is 20.6 Å². The Bertz CT molecular complexity index is 712. The van der Waals surface area contributed by atoms with Gasteiger partial charge in [-0.15, -0.1) is 0 Å². The number of carbonyl (C=O) groups excluding carboxylic acids is 1. The van der Waals surface area contributed by atoms with Gasteiger partial charge in [-0.3, -0.25) is 4.79 Å². The standard InChI is InChI=1S/C22H32FNO3/c1-21(2,3)20(25)27-18-10-16(9-17(23)11-18)22(26)12-14-6-7-15(8-14)19(22)13-24(4)5/h9-11,14-15,19,26H,6-8,12-13H2,1-5H3/t14?,15-,19?,22?/m0/s1. The minimum Gasteiger partial charge on any atom is -0.426 e. The Kier molecular flexibility index (Phi) is 5.39. The van der Waals surface area contributed by atoms with E-state index in [1.165, 1.54) is 12.1 Å². The van der Waals surface area contributed by atoms with Gasteiger partial charge in [0, 0.05) is 18.5 Å². The molecule has 1 N–H and O–H groups in total. The number of carbonyl (C=O) groups is 1. The van der Waals surface area contributed by atoms with E-state index in [0.29, 0.717) is 23.8 Å². The number of rotatable bonds is 4. The van der Waals surface area contributed by atoms with Crippen LogP contribution in [0.1, 0.15) is 52.0 Å². The van der Waals surface area contributed by atoms with Gasteiger partial charge in [-0.1, -0.05) is 6.42 Å². The largest absolute Gasteiger partial charge is 0.426 e. The molecule has 1 aromatic rings. The lowest BCUT2D eigenvalue weighted by Gasteiger charge is -2.45. The van der Waals surface area contributed by atoms with Crippen LogP contribution in [0.3, 0.4) is 0 Å². The fraction of sp³-hybridized carbons (Fsp3) is 0.682. The van der Waals surface area contributed by atoms with E-state index in [1.54, 1.807) is 26.8 Å². The minimum atomic E-state index is -1.10. The Labute approximate surface area is 161 Å². The summed E-state index contributed by atoms with van der Waals surface area (Å²) in [5.41, 5.74) is -1.25. The van der Waals surface area contributed by atoms with Crippen molar-refractivity contribution in [1.82, 2.24) is 4.90 Å². The molecule has 0 saturated heterocycles. The second kappa shape index (κ2) is 7.17. The van der Waals surface area contributed by atoms with Crippen molar-refractivity contribution in [1.29, 1.82) is 0 Å². The van der Waals surface area contributed by atoms with Crippen LogP contribution in [0, 0.1) is 29.0 Å². The first-order valence-electron chi connectivity index (χ1n) is 9.89. The Hall–Kier alpha value is -1.46. The number of nitrogens with zero attached hydrogens (tertiary/aromatic N) is 1. The average molecular weight is 378 g/mol. The number of halogens is 1. The van der Waals surface area contributed by atoms with E-state index < -0.39 is 22.8 Å². The van der Waals surface area contributed by atoms with Crippen LogP contribution < -0.4 is 4.74 Å². The zero-order valence-corrected chi connectivity index (χ0v) is 17.1. The molecular formula is C22H32FNO3. The molecule has 0 amide bonds. The first kappa shape index (κ1) is 20.3. The predicted molar refractivity (Wildman–Crippen MR) is 103 cm³/mol. The summed E-state index contributed by atoms with van der Waals surface area (Å²) in [6.45, 7) is 6.03. The van der Waals surface area contributed by atoms with Gasteiger partial charge in [0.15, 0.2) is 0 Å². The molecule has 0 spiro atoms. The quantitative estimate of drug-likeness (QED) is 0.637. The molecule has 0 heterocycles. The van der Waals surface area contributed by atoms with Crippen molar-refractivity contribution < 1.29 is 19.0 Å². The van der Waals surface area contributed by atoms with Crippen molar-refractivity contribution in [2.45, 2.75) is 52.1 Å². The van der Waals surface area contributed by atoms with Crippen molar-refractivity contribution in [2.24, 2.45) is 23.2 Å². The zero-order valence-electron chi connectivity index (χ0n) is 17.1. The summed E-state index contributed by atoms with van der Waals surface area (Å²) in [4.78, 5) is 14.3. The predicted octanol–water partition coefficient (Wildman–Crippen LogP) is 3.96. The maximum absolute atomic E-state index is 14.4. The summed E-state index contributed by atoms with van der Waals surface area (Å²) in [5.74, 6) is 0.222. The lowest BCUT2D eigenvalue weighted by atomic mass is 9.66. The van der Waals surface area contributed by atoms with Gasteiger partial charge in [-0.05, 0) is 83.7 Å². The van der Waals surface area contributed by atoms with Crippen molar-refractivity contribution in [3.8, 4) is 5.75 Å². The van der Waals surface area contributed by atoms with Crippen LogP contribution in [-0.4, -0.2) is 36.6 Å². The Morgan fingerprint density at radius 1 is 1.30 bits per heavy atom. The Morgan fingerprint density at radius 2 is 2.00 bits per heavy atom. The number of fused-ring (bicyclic) bond motifs is 2. The van der Waals surface area contributed by atoms with E-state index >= 15 is 0 Å². The van der Waals surface area contributed by atoms with E-state index in [9.17, 15) is 14.3 Å². The number of hydrogen-bond donors (Lipinski definition) is 1. The van der Waals surface area contributed by atoms with Gasteiger partial charge in [0.25, 0.3) is 0 Å². The summed E-state index contributed by atoms with van der Waals surface area (Å²) in [6, 6.07) is 4.27. The molecule has 5 heteroatoms. The van der Waals surface area contributed by atoms with Crippen LogP contribution >= 0.6 is 0 Å². The number of ether oxygens (including phenoxy) is 1. The molecule has 4 nitrogen and oxygen atoms in total. The molecule has 4 atom stereocenters. The Morgan fingerprint density at radius 3 is 2.63 bits per heavy atom. The van der Waals surface area contributed by atoms with E-state index in [1.807, 2.05) is 14.1 Å². The van der Waals surface area contributed by atoms with Gasteiger partial charge in [0.05, 0.1) is 11.0 Å². The maximum Gasteiger partial charge on any atom is 0.316 e. The summed E-state index contributed by atoms with van der Waals surface area (Å²) in [6.07, 6.45) is 4.02. The van der Waals surface area contributed by atoms with Crippen molar-refractivity contribution in [3.63, 3.8) is 0 Å². The van der Waals surface area contributed by atoms with Crippen molar-refractivity contribution in [3.05, 3.63) is 29.6 Å². The van der Waals surface area contributed by atoms with Gasteiger partial charge in [0.1, 0.15) is 11.6 Å². The highest BCUT2D eigenvalue weighted by atomic mass is 19.1. The average Bonchev–Trinajstić information content (AvgIpc) is 2.93. The SMILES string of the molecule is CN(C)CC1[C@H]2CCC(C2)CC1(O)c1cc(F)cc(OC(=O)C(C)(C)C)c1. The summed E-state index contributed by atoms with van der Waals surface area (Å²) in [5, 5.41) is 11.7. The molecule has 2 saturated carbocycles. The van der Waals surface area contributed by atoms with Crippen LogP contribution in [0.5, 0.6) is 5.75 Å². The van der Waals surface area contributed by atoms with Gasteiger partial charge in [0.2, 0.25) is 0 Å². The number of esters is 1. The van der Waals surface area contributed by atoms with E-state index in [2.05, 4.69) is 4.90 Å². The molecule has 2 aliphatic carbocycles. The fourth-order valence-electron chi connectivity index (χ4n) is 4.80. The topological polar surface area (TPSA) is 49.8 Å². The lowest BCUT2D eigenvalue weighted by molar-refractivity contribution is -0.143. The summed E-state index contributed by atoms with van der Waals surface area (Å²) >= 11 is 0. The highest BCUT2D eigenvalue weighted by Gasteiger charge is 2.51. The fourth-order valence-corrected chi connectivity index (χ4v) is 4.80. The molecule has 0 radical (unpaired) electrons. The van der Waals surface area contributed by atoms with Gasteiger partial charge in [-0.25, -0.2) is 4.39 Å². The number of hydrogen-bond acceptors (Lipinski definition) is 4. The van der Waals surface area contributed by atoms with Gasteiger partial charge < -0.3 is 14.7 Å². The molecule has 27 heavy (non-hydrogen) atoms. The molecule has 0 aliphatic heterocycles. The normalized spacial score (nSPS) is 30.6.